The molecule has 0 bridgehead atoms. The lowest BCUT2D eigenvalue weighted by atomic mass is 9.82. The van der Waals surface area contributed by atoms with Crippen LogP contribution >= 0.6 is 11.6 Å². The summed E-state index contributed by atoms with van der Waals surface area (Å²) in [5.41, 5.74) is 0.232. The number of hydrogen-bond donors (Lipinski definition) is 1. The van der Waals surface area contributed by atoms with Gasteiger partial charge in [-0.2, -0.15) is 0 Å². The van der Waals surface area contributed by atoms with E-state index in [1.54, 1.807) is 0 Å². The highest BCUT2D eigenvalue weighted by molar-refractivity contribution is 6.31. The SMILES string of the molecule is O=C(O)C1=C(OC2CCC(c3cc(OC(F)(F)F)ccc3Cl)CC2)N=[N+]=N1. The van der Waals surface area contributed by atoms with Crippen LogP contribution < -0.4 is 9.65 Å². The maximum absolute atomic E-state index is 12.4. The molecule has 1 aliphatic heterocycles. The molecule has 0 atom stereocenters. The molecule has 2 aliphatic rings. The fourth-order valence-corrected chi connectivity index (χ4v) is 3.36. The molecule has 1 heterocycles. The fraction of sp³-hybridized carbons (Fsp3) is 0.438. The Hall–Kier alpha value is -2.58. The number of halogens is 4. The van der Waals surface area contributed by atoms with Gasteiger partial charge in [-0.15, -0.1) is 13.2 Å². The van der Waals surface area contributed by atoms with Crippen molar-refractivity contribution in [3.05, 3.63) is 40.4 Å². The van der Waals surface area contributed by atoms with Gasteiger partial charge in [0.25, 0.3) is 0 Å². The number of carbonyl (C=O) groups is 1. The van der Waals surface area contributed by atoms with Gasteiger partial charge < -0.3 is 14.6 Å². The Balaban J connectivity index is 1.64. The highest BCUT2D eigenvalue weighted by Crippen LogP contribution is 2.40. The van der Waals surface area contributed by atoms with Crippen LogP contribution in [0.1, 0.15) is 37.2 Å². The Morgan fingerprint density at radius 1 is 1.22 bits per heavy atom. The number of ether oxygens (including phenoxy) is 2. The van der Waals surface area contributed by atoms with Crippen molar-refractivity contribution in [3.8, 4) is 5.75 Å². The summed E-state index contributed by atoms with van der Waals surface area (Å²) < 4.78 is 46.7. The maximum Gasteiger partial charge on any atom is 0.573 e. The normalized spacial score (nSPS) is 22.2. The summed E-state index contributed by atoms with van der Waals surface area (Å²) in [6.45, 7) is 0. The van der Waals surface area contributed by atoms with Crippen molar-refractivity contribution in [1.29, 1.82) is 0 Å². The Kier molecular flexibility index (Phi) is 5.38. The third kappa shape index (κ3) is 4.78. The zero-order valence-corrected chi connectivity index (χ0v) is 14.5. The second kappa shape index (κ2) is 7.58. The minimum Gasteiger partial charge on any atom is -0.476 e. The molecule has 0 amide bonds. The zero-order valence-electron chi connectivity index (χ0n) is 13.7. The second-order valence-electron chi connectivity index (χ2n) is 6.07. The van der Waals surface area contributed by atoms with Gasteiger partial charge in [-0.3, -0.25) is 0 Å². The lowest BCUT2D eigenvalue weighted by Crippen LogP contribution is -2.21. The zero-order chi connectivity index (χ0) is 19.6. The topological polar surface area (TPSA) is 94.6 Å². The summed E-state index contributed by atoms with van der Waals surface area (Å²) in [7, 11) is 0. The van der Waals surface area contributed by atoms with E-state index in [2.05, 4.69) is 19.9 Å². The van der Waals surface area contributed by atoms with Crippen molar-refractivity contribution in [3.63, 3.8) is 0 Å². The Labute approximate surface area is 156 Å². The monoisotopic (exact) mass is 404 g/mol. The van der Waals surface area contributed by atoms with E-state index in [0.717, 1.165) is 0 Å². The molecule has 0 saturated heterocycles. The van der Waals surface area contributed by atoms with E-state index < -0.39 is 12.3 Å². The van der Waals surface area contributed by atoms with Crippen LogP contribution in [0.5, 0.6) is 5.75 Å². The van der Waals surface area contributed by atoms with Crippen LogP contribution in [0.2, 0.25) is 5.02 Å². The van der Waals surface area contributed by atoms with Crippen LogP contribution in [0.25, 0.3) is 0 Å². The molecular weight excluding hydrogens is 391 g/mol. The van der Waals surface area contributed by atoms with E-state index in [1.165, 1.54) is 18.2 Å². The minimum absolute atomic E-state index is 0.0584. The molecule has 3 rings (SSSR count). The van der Waals surface area contributed by atoms with E-state index in [-0.39, 0.29) is 29.4 Å². The van der Waals surface area contributed by atoms with Crippen LogP contribution in [0, 0.1) is 0 Å². The second-order valence-corrected chi connectivity index (χ2v) is 6.48. The first-order valence-corrected chi connectivity index (χ1v) is 8.42. The first-order chi connectivity index (χ1) is 12.7. The number of nitrogens with zero attached hydrogens (tertiary/aromatic N) is 3. The third-order valence-corrected chi connectivity index (χ3v) is 4.62. The molecule has 1 N–H and O–H groups in total. The first kappa shape index (κ1) is 19.2. The maximum atomic E-state index is 12.4. The number of benzene rings is 1. The molecule has 27 heavy (non-hydrogen) atoms. The Morgan fingerprint density at radius 3 is 2.56 bits per heavy atom. The summed E-state index contributed by atoms with van der Waals surface area (Å²) in [5.74, 6) is -1.79. The van der Waals surface area contributed by atoms with Crippen molar-refractivity contribution in [2.75, 3.05) is 0 Å². The molecule has 0 aromatic heterocycles. The highest BCUT2D eigenvalue weighted by Gasteiger charge is 2.34. The van der Waals surface area contributed by atoms with Gasteiger partial charge in [0.05, 0.1) is 0 Å². The summed E-state index contributed by atoms with van der Waals surface area (Å²) >= 11 is 6.15. The third-order valence-electron chi connectivity index (χ3n) is 4.28. The molecule has 0 spiro atoms. The number of alkyl halides is 3. The number of hydrogen-bond acceptors (Lipinski definition) is 5. The first-order valence-electron chi connectivity index (χ1n) is 8.04. The smallest absolute Gasteiger partial charge is 0.476 e. The average Bonchev–Trinajstić information content (AvgIpc) is 3.05. The quantitative estimate of drug-likeness (QED) is 0.730. The molecule has 0 radical (unpaired) electrons. The van der Waals surface area contributed by atoms with Crippen molar-refractivity contribution in [2.24, 2.45) is 10.2 Å². The molecule has 1 aromatic rings. The van der Waals surface area contributed by atoms with Crippen molar-refractivity contribution in [1.82, 2.24) is 4.91 Å². The van der Waals surface area contributed by atoms with E-state index in [0.29, 0.717) is 36.3 Å². The van der Waals surface area contributed by atoms with Gasteiger partial charge in [0, 0.05) is 5.02 Å². The molecule has 1 saturated carbocycles. The molecule has 1 aliphatic carbocycles. The van der Waals surface area contributed by atoms with Crippen molar-refractivity contribution >= 4 is 17.6 Å². The van der Waals surface area contributed by atoms with Gasteiger partial charge in [-0.25, -0.2) is 4.79 Å². The van der Waals surface area contributed by atoms with Crippen LogP contribution in [-0.2, 0) is 9.53 Å². The van der Waals surface area contributed by atoms with E-state index >= 15 is 0 Å². The number of rotatable bonds is 5. The largest absolute Gasteiger partial charge is 0.573 e. The predicted molar refractivity (Wildman–Crippen MR) is 85.9 cm³/mol. The van der Waals surface area contributed by atoms with Crippen LogP contribution in [-0.4, -0.2) is 23.5 Å². The van der Waals surface area contributed by atoms with Crippen LogP contribution in [0.15, 0.2) is 40.0 Å². The number of carboxylic acid groups (broad SMARTS) is 1. The van der Waals surface area contributed by atoms with Crippen LogP contribution in [0.4, 0.5) is 13.2 Å². The molecule has 11 heteroatoms. The summed E-state index contributed by atoms with van der Waals surface area (Å²) in [6.07, 6.45) is -2.75. The van der Waals surface area contributed by atoms with Gasteiger partial charge in [0.15, 0.2) is 10.2 Å². The molecule has 144 valence electrons. The van der Waals surface area contributed by atoms with Gasteiger partial charge in [-0.05, 0) is 55.4 Å². The predicted octanol–water partition coefficient (Wildman–Crippen LogP) is 4.52. The summed E-state index contributed by atoms with van der Waals surface area (Å²) in [6, 6.07) is 3.85. The van der Waals surface area contributed by atoms with Gasteiger partial charge in [-0.1, -0.05) is 11.6 Å². The summed E-state index contributed by atoms with van der Waals surface area (Å²) in [4.78, 5) is 14.3. The lowest BCUT2D eigenvalue weighted by Gasteiger charge is -2.29. The molecule has 1 aromatic carbocycles. The Bertz CT molecular complexity index is 842. The van der Waals surface area contributed by atoms with E-state index in [9.17, 15) is 18.0 Å². The highest BCUT2D eigenvalue weighted by atomic mass is 35.5. The van der Waals surface area contributed by atoms with Gasteiger partial charge in [0.1, 0.15) is 11.9 Å². The molecule has 0 unspecified atom stereocenters. The number of carboxylic acids is 1. The van der Waals surface area contributed by atoms with E-state index in [1.807, 2.05) is 0 Å². The van der Waals surface area contributed by atoms with Gasteiger partial charge >= 0.3 is 23.9 Å². The molecular formula is C16H14ClF3N3O4+. The minimum atomic E-state index is -4.77. The standard InChI is InChI=1S/C16H13ClF3N3O4/c17-12-6-5-10(27-16(18,19)20)7-11(12)8-1-3-9(4-2-8)26-14-13(15(24)25)21-23-22-14/h5-9H,1-4H2/p+1. The van der Waals surface area contributed by atoms with Crippen molar-refractivity contribution < 1.29 is 32.5 Å². The van der Waals surface area contributed by atoms with E-state index in [4.69, 9.17) is 21.4 Å². The molecule has 1 fully saturated rings. The fourth-order valence-electron chi connectivity index (χ4n) is 3.09. The Morgan fingerprint density at radius 2 is 1.93 bits per heavy atom. The summed E-state index contributed by atoms with van der Waals surface area (Å²) in [5, 5.41) is 16.3. The lowest BCUT2D eigenvalue weighted by molar-refractivity contribution is -0.274. The average molecular weight is 405 g/mol. The molecule has 7 nitrogen and oxygen atoms in total. The van der Waals surface area contributed by atoms with Gasteiger partial charge in [0.2, 0.25) is 4.91 Å². The van der Waals surface area contributed by atoms with Crippen LogP contribution in [0.3, 0.4) is 0 Å². The van der Waals surface area contributed by atoms with Crippen molar-refractivity contribution in [2.45, 2.75) is 44.1 Å². The number of aliphatic carboxylic acids is 1.